The van der Waals surface area contributed by atoms with Crippen LogP contribution in [0.15, 0.2) is 24.3 Å². The number of hydrogen-bond donors (Lipinski definition) is 1. The lowest BCUT2D eigenvalue weighted by Gasteiger charge is -2.00. The first kappa shape index (κ1) is 9.30. The Morgan fingerprint density at radius 1 is 1.54 bits per heavy atom. The molecule has 13 heavy (non-hydrogen) atoms. The molecule has 1 aromatic carbocycles. The number of aliphatic hydroxyl groups excluding tert-OH is 1. The van der Waals surface area contributed by atoms with Gasteiger partial charge in [-0.1, -0.05) is 24.0 Å². The Balaban J connectivity index is 2.98. The number of rotatable bonds is 1. The van der Waals surface area contributed by atoms with Gasteiger partial charge in [-0.15, -0.1) is 0 Å². The minimum atomic E-state index is -1.23. The molecule has 0 heterocycles. The molecule has 0 atom stereocenters. The van der Waals surface area contributed by atoms with Crippen LogP contribution in [0.1, 0.15) is 15.9 Å². The first-order valence-corrected chi connectivity index (χ1v) is 3.65. The van der Waals surface area contributed by atoms with Crippen molar-refractivity contribution in [3.8, 4) is 11.8 Å². The van der Waals surface area contributed by atoms with E-state index in [0.29, 0.717) is 5.56 Å². The predicted molar refractivity (Wildman–Crippen MR) is 44.7 cm³/mol. The fourth-order valence-electron chi connectivity index (χ4n) is 0.866. The molecule has 0 unspecified atom stereocenters. The van der Waals surface area contributed by atoms with Crippen molar-refractivity contribution >= 4 is 5.97 Å². The van der Waals surface area contributed by atoms with E-state index in [1.165, 1.54) is 12.1 Å². The summed E-state index contributed by atoms with van der Waals surface area (Å²) in [4.78, 5) is 10.4. The standard InChI is InChI=1S/C10H8O3/c11-6-2-4-8-3-1-5-9(7-8)10(12)13/h1,3,5,7,11H,6H2,(H,12,13)/p-1. The largest absolute Gasteiger partial charge is 0.545 e. The van der Waals surface area contributed by atoms with Crippen molar-refractivity contribution in [1.82, 2.24) is 0 Å². The second kappa shape index (κ2) is 4.29. The molecular formula is C10H7O3-. The maximum atomic E-state index is 10.4. The Bertz CT molecular complexity index is 371. The Morgan fingerprint density at radius 3 is 2.92 bits per heavy atom. The van der Waals surface area contributed by atoms with Crippen molar-refractivity contribution in [3.63, 3.8) is 0 Å². The van der Waals surface area contributed by atoms with E-state index in [9.17, 15) is 9.90 Å². The molecular weight excluding hydrogens is 168 g/mol. The molecule has 0 amide bonds. The number of benzene rings is 1. The van der Waals surface area contributed by atoms with Gasteiger partial charge >= 0.3 is 0 Å². The molecule has 66 valence electrons. The molecule has 1 rings (SSSR count). The summed E-state index contributed by atoms with van der Waals surface area (Å²) in [6, 6.07) is 6.07. The van der Waals surface area contributed by atoms with Gasteiger partial charge in [0.1, 0.15) is 6.61 Å². The summed E-state index contributed by atoms with van der Waals surface area (Å²) in [5.41, 5.74) is 0.639. The lowest BCUT2D eigenvalue weighted by Crippen LogP contribution is -2.22. The smallest absolute Gasteiger partial charge is 0.104 e. The molecule has 0 radical (unpaired) electrons. The van der Waals surface area contributed by atoms with Crippen LogP contribution in [0.5, 0.6) is 0 Å². The van der Waals surface area contributed by atoms with Crippen LogP contribution >= 0.6 is 0 Å². The number of aromatic carboxylic acids is 1. The van der Waals surface area contributed by atoms with Crippen LogP contribution in [-0.4, -0.2) is 17.7 Å². The fraction of sp³-hybridized carbons (Fsp3) is 0.100. The van der Waals surface area contributed by atoms with Gasteiger partial charge in [0.05, 0.1) is 5.97 Å². The van der Waals surface area contributed by atoms with Crippen LogP contribution in [0.3, 0.4) is 0 Å². The minimum Gasteiger partial charge on any atom is -0.545 e. The summed E-state index contributed by atoms with van der Waals surface area (Å²) >= 11 is 0. The fourth-order valence-corrected chi connectivity index (χ4v) is 0.866. The van der Waals surface area contributed by atoms with Gasteiger partial charge in [0.15, 0.2) is 0 Å². The average Bonchev–Trinajstić information content (AvgIpc) is 2.15. The predicted octanol–water partition coefficient (Wildman–Crippen LogP) is -0.606. The molecule has 3 heteroatoms. The van der Waals surface area contributed by atoms with Crippen molar-refractivity contribution in [2.45, 2.75) is 0 Å². The molecule has 1 aromatic rings. The SMILES string of the molecule is O=C([O-])c1cccc(C#CCO)c1. The molecule has 3 nitrogen and oxygen atoms in total. The molecule has 0 aliphatic heterocycles. The Labute approximate surface area is 75.6 Å². The summed E-state index contributed by atoms with van der Waals surface area (Å²) in [7, 11) is 0. The molecule has 0 bridgehead atoms. The summed E-state index contributed by atoms with van der Waals surface area (Å²) in [6.45, 7) is -0.241. The molecule has 0 aromatic heterocycles. The number of aliphatic hydroxyl groups is 1. The second-order valence-corrected chi connectivity index (χ2v) is 2.33. The maximum absolute atomic E-state index is 10.4. The first-order chi connectivity index (χ1) is 6.24. The third-order valence-corrected chi connectivity index (χ3v) is 1.41. The van der Waals surface area contributed by atoms with Crippen molar-refractivity contribution in [2.24, 2.45) is 0 Å². The normalized spacial score (nSPS) is 8.69. The van der Waals surface area contributed by atoms with E-state index < -0.39 is 5.97 Å². The highest BCUT2D eigenvalue weighted by atomic mass is 16.4. The van der Waals surface area contributed by atoms with E-state index in [1.807, 2.05) is 0 Å². The van der Waals surface area contributed by atoms with Gasteiger partial charge in [0.2, 0.25) is 0 Å². The Morgan fingerprint density at radius 2 is 2.31 bits per heavy atom. The lowest BCUT2D eigenvalue weighted by molar-refractivity contribution is -0.255. The van der Waals surface area contributed by atoms with Gasteiger partial charge < -0.3 is 15.0 Å². The Kier molecular flexibility index (Phi) is 3.07. The summed E-state index contributed by atoms with van der Waals surface area (Å²) in [5, 5.41) is 18.8. The van der Waals surface area contributed by atoms with Gasteiger partial charge in [-0.05, 0) is 17.7 Å². The third-order valence-electron chi connectivity index (χ3n) is 1.41. The number of carbonyl (C=O) groups excluding carboxylic acids is 1. The van der Waals surface area contributed by atoms with Crippen LogP contribution in [0.25, 0.3) is 0 Å². The van der Waals surface area contributed by atoms with Crippen LogP contribution in [0, 0.1) is 11.8 Å². The Hall–Kier alpha value is -1.79. The highest BCUT2D eigenvalue weighted by Gasteiger charge is 1.92. The van der Waals surface area contributed by atoms with Gasteiger partial charge in [0.25, 0.3) is 0 Å². The number of carbonyl (C=O) groups is 1. The van der Waals surface area contributed by atoms with Crippen molar-refractivity contribution < 1.29 is 15.0 Å². The number of carboxylic acids is 1. The molecule has 0 aliphatic carbocycles. The van der Waals surface area contributed by atoms with Crippen LogP contribution in [-0.2, 0) is 0 Å². The monoisotopic (exact) mass is 175 g/mol. The zero-order valence-electron chi connectivity index (χ0n) is 6.78. The third kappa shape index (κ3) is 2.62. The van der Waals surface area contributed by atoms with Crippen LogP contribution in [0.4, 0.5) is 0 Å². The molecule has 0 saturated heterocycles. The minimum absolute atomic E-state index is 0.0877. The summed E-state index contributed by atoms with van der Waals surface area (Å²) in [5.74, 6) is 3.79. The van der Waals surface area contributed by atoms with Gasteiger partial charge in [-0.2, -0.15) is 0 Å². The van der Waals surface area contributed by atoms with Gasteiger partial charge in [-0.3, -0.25) is 0 Å². The van der Waals surface area contributed by atoms with Crippen molar-refractivity contribution in [1.29, 1.82) is 0 Å². The van der Waals surface area contributed by atoms with E-state index in [2.05, 4.69) is 11.8 Å². The van der Waals surface area contributed by atoms with Crippen molar-refractivity contribution in [2.75, 3.05) is 6.61 Å². The van der Waals surface area contributed by atoms with Gasteiger partial charge in [-0.25, -0.2) is 0 Å². The molecule has 1 N–H and O–H groups in total. The van der Waals surface area contributed by atoms with Crippen molar-refractivity contribution in [3.05, 3.63) is 35.4 Å². The van der Waals surface area contributed by atoms with E-state index in [1.54, 1.807) is 12.1 Å². The van der Waals surface area contributed by atoms with Gasteiger partial charge in [0, 0.05) is 5.56 Å². The average molecular weight is 175 g/mol. The maximum Gasteiger partial charge on any atom is 0.104 e. The molecule has 0 saturated carbocycles. The molecule has 0 fully saturated rings. The molecule has 0 aliphatic rings. The zero-order valence-corrected chi connectivity index (χ0v) is 6.78. The quantitative estimate of drug-likeness (QED) is 0.579. The highest BCUT2D eigenvalue weighted by molar-refractivity contribution is 5.86. The van der Waals surface area contributed by atoms with E-state index in [4.69, 9.17) is 5.11 Å². The van der Waals surface area contributed by atoms with Crippen LogP contribution in [0.2, 0.25) is 0 Å². The molecule has 0 spiro atoms. The van der Waals surface area contributed by atoms with E-state index in [-0.39, 0.29) is 12.2 Å². The lowest BCUT2D eigenvalue weighted by atomic mass is 10.1. The van der Waals surface area contributed by atoms with E-state index >= 15 is 0 Å². The number of hydrogen-bond acceptors (Lipinski definition) is 3. The first-order valence-electron chi connectivity index (χ1n) is 3.65. The number of carboxylic acid groups (broad SMARTS) is 1. The van der Waals surface area contributed by atoms with E-state index in [0.717, 1.165) is 0 Å². The topological polar surface area (TPSA) is 60.4 Å². The summed E-state index contributed by atoms with van der Waals surface area (Å²) < 4.78 is 0. The van der Waals surface area contributed by atoms with Crippen LogP contribution < -0.4 is 5.11 Å². The highest BCUT2D eigenvalue weighted by Crippen LogP contribution is 2.02. The summed E-state index contributed by atoms with van der Waals surface area (Å²) in [6.07, 6.45) is 0. The second-order valence-electron chi connectivity index (χ2n) is 2.33. The zero-order chi connectivity index (χ0) is 9.68.